The summed E-state index contributed by atoms with van der Waals surface area (Å²) in [5.74, 6) is 0.474. The van der Waals surface area contributed by atoms with Crippen molar-refractivity contribution < 1.29 is 27.4 Å². The molecule has 7 heteroatoms. The van der Waals surface area contributed by atoms with E-state index in [-0.39, 0.29) is 23.6 Å². The van der Waals surface area contributed by atoms with Gasteiger partial charge in [0.25, 0.3) is 0 Å². The third-order valence-electron chi connectivity index (χ3n) is 2.97. The Morgan fingerprint density at radius 3 is 2.10 bits per heavy atom. The lowest BCUT2D eigenvalue weighted by Crippen LogP contribution is -2.35. The van der Waals surface area contributed by atoms with Gasteiger partial charge in [-0.1, -0.05) is 6.92 Å². The first-order valence-corrected chi connectivity index (χ1v) is 6.49. The zero-order chi connectivity index (χ0) is 16.0. The number of halogens is 3. The van der Waals surface area contributed by atoms with Gasteiger partial charge in [0.05, 0.1) is 21.3 Å². The van der Waals surface area contributed by atoms with Gasteiger partial charge in [-0.05, 0) is 25.1 Å². The molecule has 120 valence electrons. The second kappa shape index (κ2) is 7.40. The quantitative estimate of drug-likeness (QED) is 0.839. The van der Waals surface area contributed by atoms with Crippen LogP contribution in [0.2, 0.25) is 0 Å². The maximum absolute atomic E-state index is 13.3. The first-order valence-electron chi connectivity index (χ1n) is 6.49. The number of hydrogen-bond acceptors (Lipinski definition) is 4. The monoisotopic (exact) mass is 307 g/mol. The van der Waals surface area contributed by atoms with E-state index in [0.717, 1.165) is 0 Å². The number of benzene rings is 1. The van der Waals surface area contributed by atoms with Crippen LogP contribution in [-0.4, -0.2) is 34.1 Å². The van der Waals surface area contributed by atoms with Crippen LogP contribution in [0.25, 0.3) is 0 Å². The smallest absolute Gasteiger partial charge is 0.408 e. The molecule has 0 spiro atoms. The minimum Gasteiger partial charge on any atom is -0.493 e. The second-order valence-electron chi connectivity index (χ2n) is 4.35. The van der Waals surface area contributed by atoms with E-state index >= 15 is 0 Å². The highest BCUT2D eigenvalue weighted by atomic mass is 19.4. The predicted molar refractivity (Wildman–Crippen MR) is 73.2 cm³/mol. The molecule has 1 atom stereocenters. The van der Waals surface area contributed by atoms with Gasteiger partial charge >= 0.3 is 6.18 Å². The van der Waals surface area contributed by atoms with E-state index in [4.69, 9.17) is 14.2 Å². The van der Waals surface area contributed by atoms with Crippen molar-refractivity contribution in [3.05, 3.63) is 17.7 Å². The summed E-state index contributed by atoms with van der Waals surface area (Å²) in [6.45, 7) is 2.04. The Balaban J connectivity index is 3.37. The predicted octanol–water partition coefficient (Wildman–Crippen LogP) is 3.32. The molecule has 0 aliphatic heterocycles. The fourth-order valence-electron chi connectivity index (χ4n) is 2.04. The van der Waals surface area contributed by atoms with Crippen LogP contribution in [0.5, 0.6) is 17.2 Å². The van der Waals surface area contributed by atoms with Crippen molar-refractivity contribution in [2.45, 2.75) is 25.6 Å². The van der Waals surface area contributed by atoms with Crippen LogP contribution in [0.15, 0.2) is 12.1 Å². The summed E-state index contributed by atoms with van der Waals surface area (Å²) in [4.78, 5) is 0. The Kier molecular flexibility index (Phi) is 6.14. The van der Waals surface area contributed by atoms with Crippen LogP contribution in [-0.2, 0) is 0 Å². The van der Waals surface area contributed by atoms with E-state index in [1.165, 1.54) is 33.5 Å². The van der Waals surface area contributed by atoms with Gasteiger partial charge in [-0.25, -0.2) is 0 Å². The summed E-state index contributed by atoms with van der Waals surface area (Å²) < 4.78 is 55.1. The minimum absolute atomic E-state index is 0.0165. The minimum atomic E-state index is -4.44. The summed E-state index contributed by atoms with van der Waals surface area (Å²) in [5, 5.41) is 2.49. The molecule has 0 radical (unpaired) electrons. The number of hydrogen-bond donors (Lipinski definition) is 1. The number of alkyl halides is 3. The maximum atomic E-state index is 13.3. The third-order valence-corrected chi connectivity index (χ3v) is 2.97. The molecule has 0 amide bonds. The van der Waals surface area contributed by atoms with Crippen molar-refractivity contribution in [3.63, 3.8) is 0 Å². The van der Waals surface area contributed by atoms with E-state index in [1.54, 1.807) is 6.92 Å². The van der Waals surface area contributed by atoms with Crippen molar-refractivity contribution in [3.8, 4) is 17.2 Å². The highest BCUT2D eigenvalue weighted by Crippen LogP contribution is 2.45. The van der Waals surface area contributed by atoms with Crippen molar-refractivity contribution >= 4 is 0 Å². The molecule has 0 aromatic heterocycles. The van der Waals surface area contributed by atoms with Crippen molar-refractivity contribution in [1.82, 2.24) is 5.32 Å². The molecular weight excluding hydrogens is 287 g/mol. The number of nitrogens with one attached hydrogen (secondary N) is 1. The van der Waals surface area contributed by atoms with Gasteiger partial charge in [0.15, 0.2) is 11.5 Å². The Labute approximate surface area is 122 Å². The molecule has 0 heterocycles. The molecule has 0 saturated carbocycles. The van der Waals surface area contributed by atoms with E-state index in [9.17, 15) is 13.2 Å². The molecule has 1 unspecified atom stereocenters. The highest BCUT2D eigenvalue weighted by molar-refractivity contribution is 5.57. The average Bonchev–Trinajstić information content (AvgIpc) is 2.45. The highest BCUT2D eigenvalue weighted by Gasteiger charge is 2.42. The van der Waals surface area contributed by atoms with Gasteiger partial charge < -0.3 is 19.5 Å². The number of rotatable bonds is 7. The topological polar surface area (TPSA) is 39.7 Å². The molecule has 0 bridgehead atoms. The van der Waals surface area contributed by atoms with Crippen LogP contribution in [0.3, 0.4) is 0 Å². The Morgan fingerprint density at radius 1 is 1.05 bits per heavy atom. The fraction of sp³-hybridized carbons (Fsp3) is 0.571. The second-order valence-corrected chi connectivity index (χ2v) is 4.35. The standard InChI is InChI=1S/C14H20F3NO3/c1-5-8-18-13(14(15,16)17)9-6-7-10(19-2)12(21-4)11(9)20-3/h6-7,13,18H,5,8H2,1-4H3. The number of methoxy groups -OCH3 is 3. The lowest BCUT2D eigenvalue weighted by molar-refractivity contribution is -0.158. The van der Waals surface area contributed by atoms with E-state index < -0.39 is 12.2 Å². The van der Waals surface area contributed by atoms with Gasteiger partial charge in [0.2, 0.25) is 5.75 Å². The van der Waals surface area contributed by atoms with Crippen molar-refractivity contribution in [1.29, 1.82) is 0 Å². The molecule has 1 aromatic rings. The zero-order valence-corrected chi connectivity index (χ0v) is 12.5. The maximum Gasteiger partial charge on any atom is 0.408 e. The Morgan fingerprint density at radius 2 is 1.67 bits per heavy atom. The van der Waals surface area contributed by atoms with Gasteiger partial charge in [0.1, 0.15) is 6.04 Å². The van der Waals surface area contributed by atoms with Crippen molar-refractivity contribution in [2.75, 3.05) is 27.9 Å². The van der Waals surface area contributed by atoms with Crippen LogP contribution < -0.4 is 19.5 Å². The molecule has 21 heavy (non-hydrogen) atoms. The van der Waals surface area contributed by atoms with Crippen LogP contribution in [0, 0.1) is 0 Å². The average molecular weight is 307 g/mol. The van der Waals surface area contributed by atoms with E-state index in [2.05, 4.69) is 5.32 Å². The molecular formula is C14H20F3NO3. The molecule has 1 N–H and O–H groups in total. The van der Waals surface area contributed by atoms with Gasteiger partial charge in [-0.3, -0.25) is 0 Å². The normalized spacial score (nSPS) is 12.9. The van der Waals surface area contributed by atoms with Crippen molar-refractivity contribution in [2.24, 2.45) is 0 Å². The van der Waals surface area contributed by atoms with E-state index in [0.29, 0.717) is 12.2 Å². The molecule has 0 saturated heterocycles. The molecule has 0 aliphatic carbocycles. The Bertz CT molecular complexity index is 464. The summed E-state index contributed by atoms with van der Waals surface area (Å²) in [6, 6.07) is 0.941. The molecule has 0 aliphatic rings. The van der Waals surface area contributed by atoms with Crippen LogP contribution in [0.4, 0.5) is 13.2 Å². The zero-order valence-electron chi connectivity index (χ0n) is 12.5. The van der Waals surface area contributed by atoms with E-state index in [1.807, 2.05) is 0 Å². The van der Waals surface area contributed by atoms with Gasteiger partial charge in [-0.2, -0.15) is 13.2 Å². The molecule has 1 aromatic carbocycles. The summed E-state index contributed by atoms with van der Waals surface area (Å²) in [6.07, 6.45) is -3.86. The SMILES string of the molecule is CCCNC(c1ccc(OC)c(OC)c1OC)C(F)(F)F. The molecule has 4 nitrogen and oxygen atoms in total. The third kappa shape index (κ3) is 3.93. The lowest BCUT2D eigenvalue weighted by Gasteiger charge is -2.25. The van der Waals surface area contributed by atoms with Crippen LogP contribution >= 0.6 is 0 Å². The fourth-order valence-corrected chi connectivity index (χ4v) is 2.04. The molecule has 0 fully saturated rings. The summed E-state index contributed by atoms with van der Waals surface area (Å²) in [5.41, 5.74) is -0.0314. The van der Waals surface area contributed by atoms with Gasteiger partial charge in [-0.15, -0.1) is 0 Å². The largest absolute Gasteiger partial charge is 0.493 e. The first-order chi connectivity index (χ1) is 9.90. The lowest BCUT2D eigenvalue weighted by atomic mass is 10.0. The van der Waals surface area contributed by atoms with Crippen LogP contribution in [0.1, 0.15) is 24.9 Å². The Hall–Kier alpha value is -1.63. The first kappa shape index (κ1) is 17.4. The molecule has 1 rings (SSSR count). The van der Waals surface area contributed by atoms with Gasteiger partial charge in [0, 0.05) is 5.56 Å². The number of ether oxygens (including phenoxy) is 3. The summed E-state index contributed by atoms with van der Waals surface area (Å²) in [7, 11) is 4.06. The summed E-state index contributed by atoms with van der Waals surface area (Å²) >= 11 is 0.